The largest absolute Gasteiger partial charge is 0.325 e. The molecule has 0 spiro atoms. The van der Waals surface area contributed by atoms with E-state index in [-0.39, 0.29) is 17.2 Å². The number of fused-ring (bicyclic) bond motifs is 3. The van der Waals surface area contributed by atoms with Crippen molar-refractivity contribution in [3.8, 4) is 5.69 Å². The number of amides is 1. The van der Waals surface area contributed by atoms with Crippen LogP contribution >= 0.6 is 23.4 Å². The van der Waals surface area contributed by atoms with Crippen LogP contribution < -0.4 is 10.9 Å². The van der Waals surface area contributed by atoms with Gasteiger partial charge in [0.15, 0.2) is 5.16 Å². The summed E-state index contributed by atoms with van der Waals surface area (Å²) in [6.07, 6.45) is 0. The van der Waals surface area contributed by atoms with Crippen molar-refractivity contribution < 1.29 is 4.79 Å². The molecule has 0 saturated carbocycles. The lowest BCUT2D eigenvalue weighted by Crippen LogP contribution is -2.21. The Morgan fingerprint density at radius 2 is 1.66 bits per heavy atom. The van der Waals surface area contributed by atoms with E-state index in [9.17, 15) is 9.59 Å². The monoisotopic (exact) mass is 461 g/mol. The fraction of sp³-hybridized carbons (Fsp3) is 0.0435. The number of benzene rings is 3. The highest BCUT2D eigenvalue weighted by molar-refractivity contribution is 7.99. The zero-order chi connectivity index (χ0) is 22.1. The topological polar surface area (TPSA) is 81.3 Å². The molecule has 0 atom stereocenters. The summed E-state index contributed by atoms with van der Waals surface area (Å²) in [5.74, 6) is 0.331. The molecule has 0 bridgehead atoms. The molecule has 0 saturated heterocycles. The van der Waals surface area contributed by atoms with Gasteiger partial charge in [-0.05, 0) is 48.5 Å². The highest BCUT2D eigenvalue weighted by atomic mass is 35.5. The van der Waals surface area contributed by atoms with Gasteiger partial charge in [-0.2, -0.15) is 0 Å². The zero-order valence-electron chi connectivity index (χ0n) is 16.6. The molecule has 0 aliphatic heterocycles. The molecule has 9 heteroatoms. The molecule has 3 aromatic carbocycles. The second-order valence-electron chi connectivity index (χ2n) is 6.95. The van der Waals surface area contributed by atoms with Gasteiger partial charge in [-0.3, -0.25) is 14.0 Å². The van der Waals surface area contributed by atoms with E-state index in [0.29, 0.717) is 38.2 Å². The molecule has 7 nitrogen and oxygen atoms in total. The molecule has 0 radical (unpaired) electrons. The summed E-state index contributed by atoms with van der Waals surface area (Å²) >= 11 is 7.14. The van der Waals surface area contributed by atoms with Crippen LogP contribution in [-0.2, 0) is 4.79 Å². The second kappa shape index (κ2) is 8.49. The number of aromatic nitrogens is 4. The number of hydrogen-bond donors (Lipinski definition) is 1. The average molecular weight is 462 g/mol. The van der Waals surface area contributed by atoms with Gasteiger partial charge in [-0.1, -0.05) is 53.7 Å². The van der Waals surface area contributed by atoms with Crippen LogP contribution in [0.4, 0.5) is 5.69 Å². The zero-order valence-corrected chi connectivity index (χ0v) is 18.2. The molecule has 0 fully saturated rings. The van der Waals surface area contributed by atoms with Gasteiger partial charge in [-0.25, -0.2) is 4.57 Å². The Morgan fingerprint density at radius 3 is 2.44 bits per heavy atom. The van der Waals surface area contributed by atoms with Crippen molar-refractivity contribution in [2.24, 2.45) is 0 Å². The third-order valence-corrected chi connectivity index (χ3v) is 6.05. The summed E-state index contributed by atoms with van der Waals surface area (Å²) in [4.78, 5) is 25.7. The number of para-hydroxylation sites is 2. The molecular weight excluding hydrogens is 446 g/mol. The lowest BCUT2D eigenvalue weighted by atomic mass is 10.2. The normalized spacial score (nSPS) is 11.2. The summed E-state index contributed by atoms with van der Waals surface area (Å²) < 4.78 is 3.34. The SMILES string of the molecule is O=C(CSc1nnc2n(-c3ccccc3)c(=O)c3ccccc3n12)Nc1ccc(Cl)cc1. The molecule has 2 heterocycles. The molecule has 5 rings (SSSR count). The first-order valence-corrected chi connectivity index (χ1v) is 11.1. The maximum absolute atomic E-state index is 13.2. The summed E-state index contributed by atoms with van der Waals surface area (Å²) in [7, 11) is 0. The minimum Gasteiger partial charge on any atom is -0.325 e. The fourth-order valence-electron chi connectivity index (χ4n) is 3.44. The first-order chi connectivity index (χ1) is 15.6. The van der Waals surface area contributed by atoms with Gasteiger partial charge in [0.05, 0.1) is 22.3 Å². The van der Waals surface area contributed by atoms with Crippen molar-refractivity contribution in [2.45, 2.75) is 5.16 Å². The second-order valence-corrected chi connectivity index (χ2v) is 8.33. The first-order valence-electron chi connectivity index (χ1n) is 9.74. The van der Waals surface area contributed by atoms with Crippen LogP contribution in [0.3, 0.4) is 0 Å². The number of hydrogen-bond acceptors (Lipinski definition) is 5. The van der Waals surface area contributed by atoms with Gasteiger partial charge in [0.25, 0.3) is 5.56 Å². The Balaban J connectivity index is 1.53. The lowest BCUT2D eigenvalue weighted by Gasteiger charge is -2.11. The van der Waals surface area contributed by atoms with Crippen molar-refractivity contribution >= 4 is 51.6 Å². The molecule has 2 aromatic heterocycles. The molecule has 1 amide bonds. The van der Waals surface area contributed by atoms with Gasteiger partial charge in [0.1, 0.15) is 0 Å². The quantitative estimate of drug-likeness (QED) is 0.392. The van der Waals surface area contributed by atoms with E-state index in [1.165, 1.54) is 16.3 Å². The standard InChI is InChI=1S/C23H16ClN5O2S/c24-15-10-12-16(13-11-15)25-20(30)14-32-23-27-26-22-28(17-6-2-1-3-7-17)21(31)18-8-4-5-9-19(18)29(22)23/h1-13H,14H2,(H,25,30). The van der Waals surface area contributed by atoms with E-state index < -0.39 is 0 Å². The Bertz CT molecular complexity index is 1500. The number of thioether (sulfide) groups is 1. The van der Waals surface area contributed by atoms with E-state index in [1.807, 2.05) is 52.9 Å². The smallest absolute Gasteiger partial charge is 0.267 e. The van der Waals surface area contributed by atoms with Gasteiger partial charge in [-0.15, -0.1) is 10.2 Å². The number of nitrogens with zero attached hydrogens (tertiary/aromatic N) is 4. The Labute approximate surface area is 191 Å². The Hall–Kier alpha value is -3.62. The van der Waals surface area contributed by atoms with Gasteiger partial charge >= 0.3 is 0 Å². The van der Waals surface area contributed by atoms with E-state index in [4.69, 9.17) is 11.6 Å². The highest BCUT2D eigenvalue weighted by Gasteiger charge is 2.18. The third-order valence-electron chi connectivity index (χ3n) is 4.87. The van der Waals surface area contributed by atoms with E-state index in [0.717, 1.165) is 0 Å². The predicted octanol–water partition coefficient (Wildman–Crippen LogP) is 4.42. The van der Waals surface area contributed by atoms with Gasteiger partial charge in [0.2, 0.25) is 11.7 Å². The average Bonchev–Trinajstić information content (AvgIpc) is 3.24. The molecular formula is C23H16ClN5O2S. The van der Waals surface area contributed by atoms with Crippen LogP contribution in [0.2, 0.25) is 5.02 Å². The number of carbonyl (C=O) groups excluding carboxylic acids is 1. The minimum atomic E-state index is -0.185. The minimum absolute atomic E-state index is 0.127. The van der Waals surface area contributed by atoms with E-state index in [2.05, 4.69) is 15.5 Å². The lowest BCUT2D eigenvalue weighted by molar-refractivity contribution is -0.113. The van der Waals surface area contributed by atoms with Gasteiger partial charge < -0.3 is 5.32 Å². The summed E-state index contributed by atoms with van der Waals surface area (Å²) in [5.41, 5.74) is 1.86. The van der Waals surface area contributed by atoms with Crippen LogP contribution in [0.5, 0.6) is 0 Å². The summed E-state index contributed by atoms with van der Waals surface area (Å²) in [6, 6.07) is 23.5. The van der Waals surface area contributed by atoms with E-state index in [1.54, 1.807) is 30.3 Å². The molecule has 1 N–H and O–H groups in total. The summed E-state index contributed by atoms with van der Waals surface area (Å²) in [6.45, 7) is 0. The highest BCUT2D eigenvalue weighted by Crippen LogP contribution is 2.23. The summed E-state index contributed by atoms with van der Waals surface area (Å²) in [5, 5.41) is 13.1. The van der Waals surface area contributed by atoms with Crippen molar-refractivity contribution in [2.75, 3.05) is 11.1 Å². The molecule has 32 heavy (non-hydrogen) atoms. The number of anilines is 1. The first kappa shape index (κ1) is 20.3. The number of rotatable bonds is 5. The van der Waals surface area contributed by atoms with Crippen LogP contribution in [-0.4, -0.2) is 30.8 Å². The van der Waals surface area contributed by atoms with Crippen LogP contribution in [0.1, 0.15) is 0 Å². The molecule has 0 aliphatic rings. The molecule has 158 valence electrons. The van der Waals surface area contributed by atoms with Crippen LogP contribution in [0, 0.1) is 0 Å². The van der Waals surface area contributed by atoms with Crippen molar-refractivity contribution in [1.29, 1.82) is 0 Å². The Morgan fingerprint density at radius 1 is 0.938 bits per heavy atom. The fourth-order valence-corrected chi connectivity index (χ4v) is 4.31. The van der Waals surface area contributed by atoms with Crippen molar-refractivity contribution in [1.82, 2.24) is 19.2 Å². The molecule has 0 aliphatic carbocycles. The third kappa shape index (κ3) is 3.74. The van der Waals surface area contributed by atoms with Gasteiger partial charge in [0, 0.05) is 10.7 Å². The predicted molar refractivity (Wildman–Crippen MR) is 127 cm³/mol. The number of halogens is 1. The van der Waals surface area contributed by atoms with Crippen molar-refractivity contribution in [3.05, 3.63) is 94.2 Å². The van der Waals surface area contributed by atoms with Crippen molar-refractivity contribution in [3.63, 3.8) is 0 Å². The maximum Gasteiger partial charge on any atom is 0.267 e. The number of carbonyl (C=O) groups is 1. The van der Waals surface area contributed by atoms with Crippen LogP contribution in [0.15, 0.2) is 88.8 Å². The number of nitrogens with one attached hydrogen (secondary N) is 1. The molecule has 0 unspecified atom stereocenters. The maximum atomic E-state index is 13.2. The van der Waals surface area contributed by atoms with Crippen LogP contribution in [0.25, 0.3) is 22.4 Å². The van der Waals surface area contributed by atoms with E-state index >= 15 is 0 Å². The molecule has 5 aromatic rings. The Kier molecular flexibility index (Phi) is 5.38.